The summed E-state index contributed by atoms with van der Waals surface area (Å²) in [5.74, 6) is -0.535. The number of rotatable bonds is 5. The van der Waals surface area contributed by atoms with Crippen LogP contribution in [0.3, 0.4) is 0 Å². The van der Waals surface area contributed by atoms with Gasteiger partial charge < -0.3 is 10.1 Å². The zero-order chi connectivity index (χ0) is 13.5. The Kier molecular flexibility index (Phi) is 5.39. The fraction of sp³-hybridized carbons (Fsp3) is 0.571. The zero-order valence-corrected chi connectivity index (χ0v) is 11.7. The average molecular weight is 281 g/mol. The highest BCUT2D eigenvalue weighted by atomic mass is 32.1. The summed E-state index contributed by atoms with van der Waals surface area (Å²) in [6.45, 7) is -0.166. The van der Waals surface area contributed by atoms with Crippen LogP contribution in [0, 0.1) is 0 Å². The molecule has 1 heterocycles. The van der Waals surface area contributed by atoms with Gasteiger partial charge in [0, 0.05) is 10.9 Å². The smallest absolute Gasteiger partial charge is 0.311 e. The first kappa shape index (κ1) is 14.1. The van der Waals surface area contributed by atoms with E-state index in [-0.39, 0.29) is 30.9 Å². The Morgan fingerprint density at radius 3 is 2.79 bits per heavy atom. The van der Waals surface area contributed by atoms with Crippen LogP contribution in [0.4, 0.5) is 0 Å². The number of carbonyl (C=O) groups is 2. The molecule has 5 heteroatoms. The van der Waals surface area contributed by atoms with Gasteiger partial charge in [0.25, 0.3) is 5.91 Å². The first-order valence-corrected chi connectivity index (χ1v) is 7.59. The number of carbonyl (C=O) groups excluding carboxylic acids is 2. The summed E-state index contributed by atoms with van der Waals surface area (Å²) in [5, 5.41) is 4.83. The van der Waals surface area contributed by atoms with Crippen LogP contribution in [0.15, 0.2) is 17.5 Å². The van der Waals surface area contributed by atoms with Gasteiger partial charge in [0.15, 0.2) is 6.61 Å². The maximum Gasteiger partial charge on any atom is 0.311 e. The standard InChI is InChI=1S/C14H19NO3S/c16-13(15-11-5-2-1-3-6-11)10-18-14(17)9-12-7-4-8-19-12/h4,7-8,11H,1-3,5-6,9-10H2,(H,15,16). The van der Waals surface area contributed by atoms with E-state index in [2.05, 4.69) is 5.32 Å². The molecule has 1 aliphatic rings. The summed E-state index contributed by atoms with van der Waals surface area (Å²) in [6.07, 6.45) is 5.91. The van der Waals surface area contributed by atoms with Crippen molar-refractivity contribution in [1.29, 1.82) is 0 Å². The van der Waals surface area contributed by atoms with E-state index >= 15 is 0 Å². The minimum absolute atomic E-state index is 0.166. The molecule has 4 nitrogen and oxygen atoms in total. The van der Waals surface area contributed by atoms with Crippen LogP contribution in [0.25, 0.3) is 0 Å². The van der Waals surface area contributed by atoms with Crippen LogP contribution in [0.5, 0.6) is 0 Å². The monoisotopic (exact) mass is 281 g/mol. The Hall–Kier alpha value is -1.36. The van der Waals surface area contributed by atoms with Crippen LogP contribution in [-0.4, -0.2) is 24.5 Å². The average Bonchev–Trinajstić information content (AvgIpc) is 2.90. The zero-order valence-electron chi connectivity index (χ0n) is 10.9. The highest BCUT2D eigenvalue weighted by Crippen LogP contribution is 2.17. The highest BCUT2D eigenvalue weighted by Gasteiger charge is 2.16. The van der Waals surface area contributed by atoms with E-state index in [0.717, 1.165) is 17.7 Å². The Balaban J connectivity index is 1.64. The molecule has 0 radical (unpaired) electrons. The molecule has 1 amide bonds. The molecular weight excluding hydrogens is 262 g/mol. The normalized spacial score (nSPS) is 16.0. The van der Waals surface area contributed by atoms with Crippen molar-refractivity contribution in [2.45, 2.75) is 44.6 Å². The van der Waals surface area contributed by atoms with Crippen molar-refractivity contribution < 1.29 is 14.3 Å². The Labute approximate surface area is 117 Å². The molecular formula is C14H19NO3S. The topological polar surface area (TPSA) is 55.4 Å². The van der Waals surface area contributed by atoms with Crippen molar-refractivity contribution in [2.75, 3.05) is 6.61 Å². The van der Waals surface area contributed by atoms with Crippen molar-refractivity contribution in [3.8, 4) is 0 Å². The summed E-state index contributed by atoms with van der Waals surface area (Å²) >= 11 is 1.51. The third kappa shape index (κ3) is 5.03. The lowest BCUT2D eigenvalue weighted by molar-refractivity contribution is -0.148. The second kappa shape index (κ2) is 7.28. The first-order chi connectivity index (χ1) is 9.24. The minimum Gasteiger partial charge on any atom is -0.455 e. The van der Waals surface area contributed by atoms with Crippen molar-refractivity contribution in [3.05, 3.63) is 22.4 Å². The number of hydrogen-bond donors (Lipinski definition) is 1. The third-order valence-corrected chi connectivity index (χ3v) is 4.11. The first-order valence-electron chi connectivity index (χ1n) is 6.71. The van der Waals surface area contributed by atoms with E-state index in [1.165, 1.54) is 30.6 Å². The number of esters is 1. The Morgan fingerprint density at radius 1 is 1.32 bits per heavy atom. The SMILES string of the molecule is O=C(COC(=O)Cc1cccs1)NC1CCCCC1. The van der Waals surface area contributed by atoms with Gasteiger partial charge in [-0.2, -0.15) is 0 Å². The van der Waals surface area contributed by atoms with E-state index in [4.69, 9.17) is 4.74 Å². The van der Waals surface area contributed by atoms with Crippen molar-refractivity contribution in [1.82, 2.24) is 5.32 Å². The predicted molar refractivity (Wildman–Crippen MR) is 74.0 cm³/mol. The maximum atomic E-state index is 11.6. The molecule has 2 rings (SSSR count). The van der Waals surface area contributed by atoms with Crippen molar-refractivity contribution in [2.24, 2.45) is 0 Å². The molecule has 1 aromatic rings. The molecule has 0 saturated heterocycles. The van der Waals surface area contributed by atoms with Gasteiger partial charge in [0.05, 0.1) is 6.42 Å². The van der Waals surface area contributed by atoms with Crippen LogP contribution in [0.2, 0.25) is 0 Å². The van der Waals surface area contributed by atoms with Crippen LogP contribution < -0.4 is 5.32 Å². The van der Waals surface area contributed by atoms with E-state index in [0.29, 0.717) is 0 Å². The summed E-state index contributed by atoms with van der Waals surface area (Å²) in [4.78, 5) is 24.1. The molecule has 0 unspecified atom stereocenters. The lowest BCUT2D eigenvalue weighted by atomic mass is 9.95. The molecule has 0 atom stereocenters. The summed E-state index contributed by atoms with van der Waals surface area (Å²) < 4.78 is 4.97. The molecule has 1 N–H and O–H groups in total. The van der Waals surface area contributed by atoms with Crippen LogP contribution in [-0.2, 0) is 20.7 Å². The van der Waals surface area contributed by atoms with Crippen LogP contribution >= 0.6 is 11.3 Å². The molecule has 0 bridgehead atoms. The molecule has 19 heavy (non-hydrogen) atoms. The molecule has 1 fully saturated rings. The van der Waals surface area contributed by atoms with E-state index < -0.39 is 0 Å². The lowest BCUT2D eigenvalue weighted by Crippen LogP contribution is -2.38. The number of thiophene rings is 1. The van der Waals surface area contributed by atoms with Gasteiger partial charge in [-0.15, -0.1) is 11.3 Å². The highest BCUT2D eigenvalue weighted by molar-refractivity contribution is 7.10. The van der Waals surface area contributed by atoms with E-state index in [1.54, 1.807) is 0 Å². The number of amides is 1. The molecule has 104 valence electrons. The summed E-state index contributed by atoms with van der Waals surface area (Å²) in [5.41, 5.74) is 0. The van der Waals surface area contributed by atoms with Crippen molar-refractivity contribution >= 4 is 23.2 Å². The lowest BCUT2D eigenvalue weighted by Gasteiger charge is -2.22. The summed E-state index contributed by atoms with van der Waals surface area (Å²) in [6, 6.07) is 4.04. The van der Waals surface area contributed by atoms with E-state index in [1.807, 2.05) is 17.5 Å². The predicted octanol–water partition coefficient (Wildman–Crippen LogP) is 2.28. The van der Waals surface area contributed by atoms with E-state index in [9.17, 15) is 9.59 Å². The third-order valence-electron chi connectivity index (χ3n) is 3.23. The quantitative estimate of drug-likeness (QED) is 0.842. The fourth-order valence-electron chi connectivity index (χ4n) is 2.27. The minimum atomic E-state index is -0.346. The second-order valence-electron chi connectivity index (χ2n) is 4.82. The van der Waals surface area contributed by atoms with Gasteiger partial charge in [-0.05, 0) is 24.3 Å². The van der Waals surface area contributed by atoms with Gasteiger partial charge in [-0.25, -0.2) is 0 Å². The number of nitrogens with one attached hydrogen (secondary N) is 1. The molecule has 1 aliphatic carbocycles. The number of ether oxygens (including phenoxy) is 1. The van der Waals surface area contributed by atoms with Gasteiger partial charge in [-0.3, -0.25) is 9.59 Å². The maximum absolute atomic E-state index is 11.6. The molecule has 1 saturated carbocycles. The fourth-order valence-corrected chi connectivity index (χ4v) is 2.96. The van der Waals surface area contributed by atoms with Crippen LogP contribution in [0.1, 0.15) is 37.0 Å². The van der Waals surface area contributed by atoms with Crippen molar-refractivity contribution in [3.63, 3.8) is 0 Å². The van der Waals surface area contributed by atoms with Gasteiger partial charge >= 0.3 is 5.97 Å². The van der Waals surface area contributed by atoms with Gasteiger partial charge in [0.2, 0.25) is 0 Å². The largest absolute Gasteiger partial charge is 0.455 e. The summed E-state index contributed by atoms with van der Waals surface area (Å²) in [7, 11) is 0. The Bertz CT molecular complexity index is 410. The molecule has 0 aromatic carbocycles. The molecule has 0 aliphatic heterocycles. The second-order valence-corrected chi connectivity index (χ2v) is 5.85. The molecule has 1 aromatic heterocycles. The molecule has 0 spiro atoms. The number of hydrogen-bond acceptors (Lipinski definition) is 4. The van der Waals surface area contributed by atoms with Gasteiger partial charge in [-0.1, -0.05) is 25.3 Å². The van der Waals surface area contributed by atoms with Gasteiger partial charge in [0.1, 0.15) is 0 Å². The Morgan fingerprint density at radius 2 is 2.11 bits per heavy atom.